The average molecular weight is 200 g/mol. The Morgan fingerprint density at radius 2 is 2.13 bits per heavy atom. The summed E-state index contributed by atoms with van der Waals surface area (Å²) in [5.74, 6) is 0.201. The molecule has 0 spiro atoms. The maximum Gasteiger partial charge on any atom is 0.227 e. The van der Waals surface area contributed by atoms with Gasteiger partial charge in [-0.25, -0.2) is 0 Å². The first kappa shape index (κ1) is 8.53. The van der Waals surface area contributed by atoms with Gasteiger partial charge < -0.3 is 9.88 Å². The third-order valence-corrected chi connectivity index (χ3v) is 3.05. The fraction of sp³-hybridized carbons (Fsp3) is 0.250. The molecule has 3 nitrogen and oxygen atoms in total. The molecule has 1 N–H and O–H groups in total. The summed E-state index contributed by atoms with van der Waals surface area (Å²) in [4.78, 5) is 16.7. The third kappa shape index (κ3) is 1.16. The minimum absolute atomic E-state index is 0.201. The number of likely N-dealkylation sites (N-methyl/N-ethyl adjacent to an activating group) is 1. The van der Waals surface area contributed by atoms with Crippen LogP contribution in [0.2, 0.25) is 0 Å². The topological polar surface area (TPSA) is 36.1 Å². The molecule has 1 amide bonds. The summed E-state index contributed by atoms with van der Waals surface area (Å²) in [5.41, 5.74) is 3.48. The zero-order valence-corrected chi connectivity index (χ0v) is 8.58. The molecule has 1 aliphatic heterocycles. The maximum absolute atomic E-state index is 11.6. The minimum atomic E-state index is 0.201. The molecule has 0 bridgehead atoms. The number of amides is 1. The van der Waals surface area contributed by atoms with Crippen molar-refractivity contribution >= 4 is 16.8 Å². The van der Waals surface area contributed by atoms with Crippen molar-refractivity contribution in [2.24, 2.45) is 0 Å². The Labute approximate surface area is 87.7 Å². The molecule has 2 heterocycles. The second kappa shape index (κ2) is 2.86. The number of nitrogens with zero attached hydrogens (tertiary/aromatic N) is 1. The number of carbonyl (C=O) groups is 1. The monoisotopic (exact) mass is 200 g/mol. The van der Waals surface area contributed by atoms with E-state index in [9.17, 15) is 4.79 Å². The van der Waals surface area contributed by atoms with Crippen LogP contribution in [0.25, 0.3) is 10.9 Å². The van der Waals surface area contributed by atoms with E-state index < -0.39 is 0 Å². The number of fused-ring (bicyclic) bond motifs is 3. The van der Waals surface area contributed by atoms with Gasteiger partial charge in [-0.05, 0) is 11.6 Å². The molecule has 0 saturated carbocycles. The SMILES string of the molecule is CN1Cc2[nH]c3ccccc3c2CC1=O. The first-order chi connectivity index (χ1) is 7.25. The third-order valence-electron chi connectivity index (χ3n) is 3.05. The molecule has 0 fully saturated rings. The summed E-state index contributed by atoms with van der Waals surface area (Å²) in [7, 11) is 1.84. The lowest BCUT2D eigenvalue weighted by Gasteiger charge is -2.22. The van der Waals surface area contributed by atoms with Gasteiger partial charge in [-0.15, -0.1) is 0 Å². The highest BCUT2D eigenvalue weighted by Crippen LogP contribution is 2.27. The van der Waals surface area contributed by atoms with Gasteiger partial charge in [-0.3, -0.25) is 4.79 Å². The molecule has 3 rings (SSSR count). The number of rotatable bonds is 0. The van der Waals surface area contributed by atoms with Gasteiger partial charge in [0.1, 0.15) is 0 Å². The number of para-hydroxylation sites is 1. The molecule has 0 radical (unpaired) electrons. The Bertz CT molecular complexity index is 542. The van der Waals surface area contributed by atoms with E-state index in [1.807, 2.05) is 19.2 Å². The molecule has 1 aliphatic rings. The van der Waals surface area contributed by atoms with Crippen LogP contribution in [0.15, 0.2) is 24.3 Å². The van der Waals surface area contributed by atoms with Gasteiger partial charge >= 0.3 is 0 Å². The van der Waals surface area contributed by atoms with Gasteiger partial charge in [0, 0.05) is 23.6 Å². The van der Waals surface area contributed by atoms with Crippen LogP contribution in [-0.2, 0) is 17.8 Å². The van der Waals surface area contributed by atoms with Gasteiger partial charge in [-0.1, -0.05) is 18.2 Å². The Hall–Kier alpha value is -1.77. The van der Waals surface area contributed by atoms with Gasteiger partial charge in [0.2, 0.25) is 5.91 Å². The van der Waals surface area contributed by atoms with Gasteiger partial charge in [0.05, 0.1) is 13.0 Å². The second-order valence-corrected chi connectivity index (χ2v) is 4.05. The molecule has 3 heteroatoms. The molecule has 1 aromatic carbocycles. The fourth-order valence-electron chi connectivity index (χ4n) is 2.20. The number of hydrogen-bond acceptors (Lipinski definition) is 1. The fourth-order valence-corrected chi connectivity index (χ4v) is 2.20. The van der Waals surface area contributed by atoms with E-state index in [0.29, 0.717) is 13.0 Å². The van der Waals surface area contributed by atoms with Crippen molar-refractivity contribution in [3.05, 3.63) is 35.5 Å². The Morgan fingerprint density at radius 3 is 3.00 bits per heavy atom. The van der Waals surface area contributed by atoms with Crippen molar-refractivity contribution < 1.29 is 4.79 Å². The number of benzene rings is 1. The summed E-state index contributed by atoms with van der Waals surface area (Å²) < 4.78 is 0. The lowest BCUT2D eigenvalue weighted by molar-refractivity contribution is -0.130. The van der Waals surface area contributed by atoms with Crippen LogP contribution in [0, 0.1) is 0 Å². The van der Waals surface area contributed by atoms with Crippen LogP contribution in [-0.4, -0.2) is 22.8 Å². The van der Waals surface area contributed by atoms with E-state index in [0.717, 1.165) is 5.52 Å². The zero-order valence-electron chi connectivity index (χ0n) is 8.58. The number of aromatic nitrogens is 1. The second-order valence-electron chi connectivity index (χ2n) is 4.05. The van der Waals surface area contributed by atoms with Crippen molar-refractivity contribution in [3.8, 4) is 0 Å². The molecule has 1 aromatic heterocycles. The molecule has 0 aliphatic carbocycles. The van der Waals surface area contributed by atoms with E-state index in [1.54, 1.807) is 4.90 Å². The van der Waals surface area contributed by atoms with E-state index in [4.69, 9.17) is 0 Å². The lowest BCUT2D eigenvalue weighted by atomic mass is 10.0. The van der Waals surface area contributed by atoms with Crippen molar-refractivity contribution in [2.45, 2.75) is 13.0 Å². The maximum atomic E-state index is 11.6. The lowest BCUT2D eigenvalue weighted by Crippen LogP contribution is -2.32. The van der Waals surface area contributed by atoms with Crippen LogP contribution < -0.4 is 0 Å². The van der Waals surface area contributed by atoms with Gasteiger partial charge in [0.15, 0.2) is 0 Å². The van der Waals surface area contributed by atoms with E-state index >= 15 is 0 Å². The first-order valence-electron chi connectivity index (χ1n) is 5.08. The number of H-pyrrole nitrogens is 1. The average Bonchev–Trinajstić information content (AvgIpc) is 2.57. The smallest absolute Gasteiger partial charge is 0.227 e. The number of hydrogen-bond donors (Lipinski definition) is 1. The van der Waals surface area contributed by atoms with Crippen molar-refractivity contribution in [1.82, 2.24) is 9.88 Å². The van der Waals surface area contributed by atoms with E-state index in [2.05, 4.69) is 17.1 Å². The summed E-state index contributed by atoms with van der Waals surface area (Å²) in [6.07, 6.45) is 0.524. The van der Waals surface area contributed by atoms with Crippen LogP contribution in [0.3, 0.4) is 0 Å². The molecular formula is C12H12N2O. The van der Waals surface area contributed by atoms with Crippen LogP contribution >= 0.6 is 0 Å². The quantitative estimate of drug-likeness (QED) is 0.690. The predicted octanol–water partition coefficient (Wildman–Crippen LogP) is 1.68. The highest BCUT2D eigenvalue weighted by molar-refractivity contribution is 5.91. The largest absolute Gasteiger partial charge is 0.357 e. The van der Waals surface area contributed by atoms with Gasteiger partial charge in [-0.2, -0.15) is 0 Å². The zero-order chi connectivity index (χ0) is 10.4. The van der Waals surface area contributed by atoms with E-state index in [1.165, 1.54) is 16.6 Å². The predicted molar refractivity (Wildman–Crippen MR) is 58.5 cm³/mol. The highest BCUT2D eigenvalue weighted by Gasteiger charge is 2.23. The van der Waals surface area contributed by atoms with E-state index in [-0.39, 0.29) is 5.91 Å². The summed E-state index contributed by atoms with van der Waals surface area (Å²) in [6.45, 7) is 0.697. The first-order valence-corrected chi connectivity index (χ1v) is 5.08. The van der Waals surface area contributed by atoms with Gasteiger partial charge in [0.25, 0.3) is 0 Å². The Morgan fingerprint density at radius 1 is 1.33 bits per heavy atom. The van der Waals surface area contributed by atoms with Crippen LogP contribution in [0.1, 0.15) is 11.3 Å². The minimum Gasteiger partial charge on any atom is -0.357 e. The summed E-state index contributed by atoms with van der Waals surface area (Å²) in [5, 5.41) is 1.19. The van der Waals surface area contributed by atoms with Crippen molar-refractivity contribution in [2.75, 3.05) is 7.05 Å². The Balaban J connectivity index is 2.25. The number of nitrogens with one attached hydrogen (secondary N) is 1. The molecule has 76 valence electrons. The summed E-state index contributed by atoms with van der Waals surface area (Å²) in [6, 6.07) is 8.15. The molecule has 0 saturated heterocycles. The molecule has 0 atom stereocenters. The number of carbonyl (C=O) groups excluding carboxylic acids is 1. The van der Waals surface area contributed by atoms with Crippen LogP contribution in [0.4, 0.5) is 0 Å². The van der Waals surface area contributed by atoms with Crippen molar-refractivity contribution in [3.63, 3.8) is 0 Å². The molecule has 0 unspecified atom stereocenters. The summed E-state index contributed by atoms with van der Waals surface area (Å²) >= 11 is 0. The normalized spacial score (nSPS) is 15.8. The number of aromatic amines is 1. The molecule has 15 heavy (non-hydrogen) atoms. The highest BCUT2D eigenvalue weighted by atomic mass is 16.2. The molecule has 2 aromatic rings. The standard InChI is InChI=1S/C12H12N2O/c1-14-7-11-9(6-12(14)15)8-4-2-3-5-10(8)13-11/h2-5,13H,6-7H2,1H3. The Kier molecular flexibility index (Phi) is 1.63. The van der Waals surface area contributed by atoms with Crippen LogP contribution in [0.5, 0.6) is 0 Å². The molecular weight excluding hydrogens is 188 g/mol. The van der Waals surface area contributed by atoms with Crippen molar-refractivity contribution in [1.29, 1.82) is 0 Å².